The molecule has 1 aromatic heterocycles. The van der Waals surface area contributed by atoms with Gasteiger partial charge in [0.1, 0.15) is 11.5 Å². The fourth-order valence-electron chi connectivity index (χ4n) is 1.69. The number of benzene rings is 1. The molecule has 2 rings (SSSR count). The van der Waals surface area contributed by atoms with Crippen LogP contribution in [0.1, 0.15) is 36.3 Å². The largest absolute Gasteiger partial charge is 0.348 e. The molecule has 1 aromatic carbocycles. The van der Waals surface area contributed by atoms with Crippen LogP contribution in [0.5, 0.6) is 0 Å². The molecule has 0 fully saturated rings. The van der Waals surface area contributed by atoms with E-state index < -0.39 is 0 Å². The zero-order valence-corrected chi connectivity index (χ0v) is 12.5. The molecule has 0 saturated carbocycles. The van der Waals surface area contributed by atoms with E-state index in [1.165, 1.54) is 12.4 Å². The normalized spacial score (nSPS) is 11.3. The molecule has 0 bridgehead atoms. The van der Waals surface area contributed by atoms with Gasteiger partial charge in [0.15, 0.2) is 0 Å². The topological polar surface area (TPSA) is 90.7 Å². The number of nitrogens with one attached hydrogen (secondary N) is 2. The Morgan fingerprint density at radius 2 is 2.00 bits per heavy atom. The van der Waals surface area contributed by atoms with Crippen molar-refractivity contribution in [3.63, 3.8) is 0 Å². The third-order valence-electron chi connectivity index (χ3n) is 3.16. The number of carbonyl (C=O) groups excluding carboxylic acids is 1. The maximum absolute atomic E-state index is 11.9. The van der Waals surface area contributed by atoms with E-state index in [9.17, 15) is 4.79 Å². The summed E-state index contributed by atoms with van der Waals surface area (Å²) in [5, 5.41) is 14.6. The molecule has 0 saturated heterocycles. The second kappa shape index (κ2) is 7.18. The highest BCUT2D eigenvalue weighted by molar-refractivity contribution is 5.92. The van der Waals surface area contributed by atoms with Crippen LogP contribution in [-0.2, 0) is 0 Å². The minimum atomic E-state index is -0.230. The van der Waals surface area contributed by atoms with Gasteiger partial charge in [0.05, 0.1) is 24.0 Å². The van der Waals surface area contributed by atoms with Crippen molar-refractivity contribution in [2.75, 3.05) is 5.32 Å². The number of hydrogen-bond acceptors (Lipinski definition) is 5. The number of nitriles is 1. The van der Waals surface area contributed by atoms with Crippen molar-refractivity contribution < 1.29 is 4.79 Å². The first-order chi connectivity index (χ1) is 10.6. The van der Waals surface area contributed by atoms with E-state index in [0.717, 1.165) is 12.1 Å². The van der Waals surface area contributed by atoms with Crippen molar-refractivity contribution >= 4 is 17.4 Å². The van der Waals surface area contributed by atoms with Gasteiger partial charge in [-0.3, -0.25) is 4.79 Å². The van der Waals surface area contributed by atoms with Gasteiger partial charge in [-0.2, -0.15) is 5.26 Å². The van der Waals surface area contributed by atoms with Crippen LogP contribution in [0.25, 0.3) is 0 Å². The number of carbonyl (C=O) groups is 1. The van der Waals surface area contributed by atoms with Crippen molar-refractivity contribution in [3.8, 4) is 6.07 Å². The number of anilines is 2. The van der Waals surface area contributed by atoms with Crippen LogP contribution < -0.4 is 10.6 Å². The van der Waals surface area contributed by atoms with Crippen LogP contribution in [0.2, 0.25) is 0 Å². The first kappa shape index (κ1) is 15.4. The van der Waals surface area contributed by atoms with Crippen molar-refractivity contribution in [1.82, 2.24) is 15.3 Å². The van der Waals surface area contributed by atoms with Crippen LogP contribution in [0, 0.1) is 11.3 Å². The molecule has 2 N–H and O–H groups in total. The minimum Gasteiger partial charge on any atom is -0.348 e. The average Bonchev–Trinajstić information content (AvgIpc) is 2.56. The van der Waals surface area contributed by atoms with Gasteiger partial charge in [-0.25, -0.2) is 9.97 Å². The fraction of sp³-hybridized carbons (Fsp3) is 0.250. The van der Waals surface area contributed by atoms with E-state index in [1.807, 2.05) is 13.8 Å². The molecule has 1 atom stereocenters. The molecule has 6 nitrogen and oxygen atoms in total. The molecule has 1 unspecified atom stereocenters. The minimum absolute atomic E-state index is 0.103. The molecular weight excluding hydrogens is 278 g/mol. The highest BCUT2D eigenvalue weighted by atomic mass is 16.1. The second-order valence-electron chi connectivity index (χ2n) is 4.88. The molecule has 0 aliphatic rings. The lowest BCUT2D eigenvalue weighted by atomic mass is 10.2. The number of aromatic nitrogens is 2. The monoisotopic (exact) mass is 295 g/mol. The van der Waals surface area contributed by atoms with Gasteiger partial charge in [-0.05, 0) is 37.6 Å². The van der Waals surface area contributed by atoms with Gasteiger partial charge in [0.25, 0.3) is 5.91 Å². The Morgan fingerprint density at radius 3 is 2.55 bits per heavy atom. The molecule has 0 aliphatic heterocycles. The van der Waals surface area contributed by atoms with E-state index in [4.69, 9.17) is 5.26 Å². The zero-order chi connectivity index (χ0) is 15.9. The Kier molecular flexibility index (Phi) is 5.04. The summed E-state index contributed by atoms with van der Waals surface area (Å²) in [6.45, 7) is 3.94. The maximum atomic E-state index is 11.9. The predicted molar refractivity (Wildman–Crippen MR) is 83.7 cm³/mol. The van der Waals surface area contributed by atoms with Crippen LogP contribution >= 0.6 is 0 Å². The third-order valence-corrected chi connectivity index (χ3v) is 3.16. The van der Waals surface area contributed by atoms with Crippen molar-refractivity contribution in [2.24, 2.45) is 0 Å². The predicted octanol–water partition coefficient (Wildman–Crippen LogP) is 2.62. The third kappa shape index (κ3) is 4.03. The molecule has 2 aromatic rings. The smallest absolute Gasteiger partial charge is 0.271 e. The van der Waals surface area contributed by atoms with Gasteiger partial charge < -0.3 is 10.6 Å². The van der Waals surface area contributed by atoms with Crippen LogP contribution in [0.3, 0.4) is 0 Å². The summed E-state index contributed by atoms with van der Waals surface area (Å²) in [5.74, 6) is 0.302. The van der Waals surface area contributed by atoms with Gasteiger partial charge in [-0.1, -0.05) is 6.92 Å². The van der Waals surface area contributed by atoms with E-state index in [1.54, 1.807) is 24.3 Å². The number of amides is 1. The summed E-state index contributed by atoms with van der Waals surface area (Å²) in [7, 11) is 0. The lowest BCUT2D eigenvalue weighted by molar-refractivity contribution is 0.0934. The summed E-state index contributed by atoms with van der Waals surface area (Å²) in [6, 6.07) is 9.15. The summed E-state index contributed by atoms with van der Waals surface area (Å²) in [5.41, 5.74) is 1.67. The first-order valence-electron chi connectivity index (χ1n) is 7.02. The van der Waals surface area contributed by atoms with Crippen LogP contribution in [0.15, 0.2) is 36.7 Å². The van der Waals surface area contributed by atoms with Gasteiger partial charge >= 0.3 is 0 Å². The Bertz CT molecular complexity index is 673. The van der Waals surface area contributed by atoms with Crippen LogP contribution in [-0.4, -0.2) is 21.9 Å². The van der Waals surface area contributed by atoms with E-state index in [0.29, 0.717) is 11.4 Å². The highest BCUT2D eigenvalue weighted by Gasteiger charge is 2.10. The Labute approximate surface area is 129 Å². The molecule has 0 radical (unpaired) electrons. The molecule has 22 heavy (non-hydrogen) atoms. The molecule has 0 aliphatic carbocycles. The molecule has 0 spiro atoms. The highest BCUT2D eigenvalue weighted by Crippen LogP contribution is 2.14. The number of nitrogens with zero attached hydrogens (tertiary/aromatic N) is 3. The summed E-state index contributed by atoms with van der Waals surface area (Å²) >= 11 is 0. The number of rotatable bonds is 5. The average molecular weight is 295 g/mol. The van der Waals surface area contributed by atoms with E-state index >= 15 is 0 Å². The van der Waals surface area contributed by atoms with Crippen molar-refractivity contribution in [1.29, 1.82) is 5.26 Å². The fourth-order valence-corrected chi connectivity index (χ4v) is 1.69. The van der Waals surface area contributed by atoms with Crippen LogP contribution in [0.4, 0.5) is 11.5 Å². The molecular formula is C16H17N5O. The SMILES string of the molecule is CCC(C)NC(=O)c1cnc(Nc2ccc(C#N)cc2)cn1. The second-order valence-corrected chi connectivity index (χ2v) is 4.88. The summed E-state index contributed by atoms with van der Waals surface area (Å²) in [4.78, 5) is 20.2. The maximum Gasteiger partial charge on any atom is 0.271 e. The quantitative estimate of drug-likeness (QED) is 0.884. The van der Waals surface area contributed by atoms with Gasteiger partial charge in [0, 0.05) is 11.7 Å². The van der Waals surface area contributed by atoms with E-state index in [-0.39, 0.29) is 17.6 Å². The zero-order valence-electron chi connectivity index (χ0n) is 12.5. The molecule has 6 heteroatoms. The molecule has 1 amide bonds. The molecule has 1 heterocycles. The number of hydrogen-bond donors (Lipinski definition) is 2. The lowest BCUT2D eigenvalue weighted by Crippen LogP contribution is -2.32. The van der Waals surface area contributed by atoms with Gasteiger partial charge in [-0.15, -0.1) is 0 Å². The summed E-state index contributed by atoms with van der Waals surface area (Å²) < 4.78 is 0. The Balaban J connectivity index is 2.02. The van der Waals surface area contributed by atoms with Crippen molar-refractivity contribution in [3.05, 3.63) is 47.9 Å². The Morgan fingerprint density at radius 1 is 1.27 bits per heavy atom. The molecule has 112 valence electrons. The van der Waals surface area contributed by atoms with Gasteiger partial charge in [0.2, 0.25) is 0 Å². The summed E-state index contributed by atoms with van der Waals surface area (Å²) in [6.07, 6.45) is 3.80. The standard InChI is InChI=1S/C16H17N5O/c1-3-11(2)20-16(22)14-9-19-15(10-18-14)21-13-6-4-12(8-17)5-7-13/h4-7,9-11H,3H2,1-2H3,(H,19,21)(H,20,22). The first-order valence-corrected chi connectivity index (χ1v) is 7.02. The lowest BCUT2D eigenvalue weighted by Gasteiger charge is -2.11. The Hall–Kier alpha value is -2.94. The van der Waals surface area contributed by atoms with Crippen molar-refractivity contribution in [2.45, 2.75) is 26.3 Å². The van der Waals surface area contributed by atoms with E-state index in [2.05, 4.69) is 26.7 Å².